The molecule has 2 aromatic rings. The van der Waals surface area contributed by atoms with Crippen LogP contribution in [0.1, 0.15) is 36.5 Å². The van der Waals surface area contributed by atoms with Gasteiger partial charge in [0.1, 0.15) is 12.4 Å². The van der Waals surface area contributed by atoms with Gasteiger partial charge in [-0.15, -0.1) is 0 Å². The Morgan fingerprint density at radius 1 is 1.00 bits per heavy atom. The van der Waals surface area contributed by atoms with Crippen molar-refractivity contribution in [1.82, 2.24) is 5.32 Å². The molecule has 0 aliphatic rings. The Hall–Kier alpha value is -1.80. The van der Waals surface area contributed by atoms with Crippen LogP contribution in [0.5, 0.6) is 5.75 Å². The van der Waals surface area contributed by atoms with Crippen molar-refractivity contribution in [1.29, 1.82) is 0 Å². The fourth-order valence-electron chi connectivity index (χ4n) is 2.16. The van der Waals surface area contributed by atoms with Gasteiger partial charge in [0.15, 0.2) is 0 Å². The summed E-state index contributed by atoms with van der Waals surface area (Å²) in [5.74, 6) is 0.974. The number of ether oxygens (including phenoxy) is 1. The van der Waals surface area contributed by atoms with E-state index >= 15 is 0 Å². The quantitative estimate of drug-likeness (QED) is 0.722. The van der Waals surface area contributed by atoms with Crippen molar-refractivity contribution in [3.8, 4) is 5.75 Å². The van der Waals surface area contributed by atoms with Crippen LogP contribution in [0.2, 0.25) is 0 Å². The van der Waals surface area contributed by atoms with E-state index in [0.717, 1.165) is 18.8 Å². The Morgan fingerprint density at radius 3 is 2.52 bits per heavy atom. The maximum Gasteiger partial charge on any atom is 0.124 e. The van der Waals surface area contributed by atoms with Gasteiger partial charge >= 0.3 is 0 Å². The van der Waals surface area contributed by atoms with E-state index in [-0.39, 0.29) is 0 Å². The lowest BCUT2D eigenvalue weighted by Crippen LogP contribution is -2.15. The van der Waals surface area contributed by atoms with Crippen LogP contribution in [-0.2, 0) is 13.2 Å². The number of benzene rings is 2. The van der Waals surface area contributed by atoms with Crippen molar-refractivity contribution in [3.05, 3.63) is 65.2 Å². The lowest BCUT2D eigenvalue weighted by molar-refractivity contribution is 0.302. The van der Waals surface area contributed by atoms with Crippen LogP contribution in [-0.4, -0.2) is 6.54 Å². The molecule has 0 aliphatic carbocycles. The molecule has 0 saturated carbocycles. The van der Waals surface area contributed by atoms with Crippen LogP contribution >= 0.6 is 0 Å². The molecule has 0 unspecified atom stereocenters. The van der Waals surface area contributed by atoms with Crippen molar-refractivity contribution >= 4 is 0 Å². The van der Waals surface area contributed by atoms with Gasteiger partial charge in [-0.2, -0.15) is 0 Å². The van der Waals surface area contributed by atoms with E-state index in [1.807, 2.05) is 12.1 Å². The summed E-state index contributed by atoms with van der Waals surface area (Å²) in [4.78, 5) is 0. The first kappa shape index (κ1) is 15.6. The van der Waals surface area contributed by atoms with E-state index in [2.05, 4.69) is 55.6 Å². The van der Waals surface area contributed by atoms with Gasteiger partial charge in [0, 0.05) is 12.1 Å². The lowest BCUT2D eigenvalue weighted by Gasteiger charge is -2.12. The molecule has 0 saturated heterocycles. The van der Waals surface area contributed by atoms with Gasteiger partial charge in [-0.25, -0.2) is 0 Å². The average Bonchev–Trinajstić information content (AvgIpc) is 2.52. The Bertz CT molecular complexity index is 534. The molecule has 2 aromatic carbocycles. The molecule has 0 atom stereocenters. The van der Waals surface area contributed by atoms with Crippen LogP contribution in [0, 0.1) is 6.92 Å². The van der Waals surface area contributed by atoms with E-state index in [0.29, 0.717) is 6.61 Å². The molecule has 0 amide bonds. The molecular weight excluding hydrogens is 258 g/mol. The molecule has 0 radical (unpaired) electrons. The highest BCUT2D eigenvalue weighted by Gasteiger charge is 2.03. The topological polar surface area (TPSA) is 21.3 Å². The summed E-state index contributed by atoms with van der Waals surface area (Å²) >= 11 is 0. The van der Waals surface area contributed by atoms with Crippen LogP contribution in [0.15, 0.2) is 48.5 Å². The van der Waals surface area contributed by atoms with Gasteiger partial charge in [-0.05, 0) is 31.5 Å². The Labute approximate surface area is 128 Å². The molecule has 0 aromatic heterocycles. The molecule has 21 heavy (non-hydrogen) atoms. The number of hydrogen-bond donors (Lipinski definition) is 1. The third-order valence-electron chi connectivity index (χ3n) is 3.51. The standard InChI is InChI=1S/C19H25NO/c1-3-4-13-20-14-18-7-5-6-8-19(18)21-15-17-11-9-16(2)10-12-17/h5-12,20H,3-4,13-15H2,1-2H3. The molecule has 2 rings (SSSR count). The van der Waals surface area contributed by atoms with Crippen LogP contribution < -0.4 is 10.1 Å². The highest BCUT2D eigenvalue weighted by Crippen LogP contribution is 2.19. The third kappa shape index (κ3) is 5.24. The van der Waals surface area contributed by atoms with Gasteiger partial charge in [-0.3, -0.25) is 0 Å². The molecule has 1 N–H and O–H groups in total. The zero-order valence-electron chi connectivity index (χ0n) is 13.1. The molecule has 0 spiro atoms. The minimum Gasteiger partial charge on any atom is -0.489 e. The molecule has 112 valence electrons. The normalized spacial score (nSPS) is 10.6. The van der Waals surface area contributed by atoms with Gasteiger partial charge in [0.25, 0.3) is 0 Å². The molecular formula is C19H25NO. The number of para-hydroxylation sites is 1. The summed E-state index contributed by atoms with van der Waals surface area (Å²) in [5.41, 5.74) is 3.70. The predicted octanol–water partition coefficient (Wildman–Crippen LogP) is 4.46. The minimum atomic E-state index is 0.617. The summed E-state index contributed by atoms with van der Waals surface area (Å²) < 4.78 is 5.98. The van der Waals surface area contributed by atoms with Crippen molar-refractivity contribution in [2.24, 2.45) is 0 Å². The largest absolute Gasteiger partial charge is 0.489 e. The highest BCUT2D eigenvalue weighted by molar-refractivity contribution is 5.33. The summed E-state index contributed by atoms with van der Waals surface area (Å²) in [6.45, 7) is 6.85. The van der Waals surface area contributed by atoms with Gasteiger partial charge in [0.05, 0.1) is 0 Å². The predicted molar refractivity (Wildman–Crippen MR) is 88.6 cm³/mol. The van der Waals surface area contributed by atoms with Gasteiger partial charge < -0.3 is 10.1 Å². The van der Waals surface area contributed by atoms with Crippen LogP contribution in [0.25, 0.3) is 0 Å². The number of hydrogen-bond acceptors (Lipinski definition) is 2. The zero-order chi connectivity index (χ0) is 14.9. The number of unbranched alkanes of at least 4 members (excludes halogenated alkanes) is 1. The smallest absolute Gasteiger partial charge is 0.124 e. The molecule has 0 heterocycles. The zero-order valence-corrected chi connectivity index (χ0v) is 13.1. The van der Waals surface area contributed by atoms with E-state index in [1.54, 1.807) is 0 Å². The first-order chi connectivity index (χ1) is 10.3. The van der Waals surface area contributed by atoms with E-state index in [4.69, 9.17) is 4.74 Å². The maximum absolute atomic E-state index is 5.98. The second kappa shape index (κ2) is 8.48. The minimum absolute atomic E-state index is 0.617. The van der Waals surface area contributed by atoms with Crippen LogP contribution in [0.3, 0.4) is 0 Å². The molecule has 2 nitrogen and oxygen atoms in total. The summed E-state index contributed by atoms with van der Waals surface area (Å²) in [6, 6.07) is 16.8. The van der Waals surface area contributed by atoms with Gasteiger partial charge in [0.2, 0.25) is 0 Å². The molecule has 0 bridgehead atoms. The number of rotatable bonds is 8. The van der Waals surface area contributed by atoms with Gasteiger partial charge in [-0.1, -0.05) is 61.4 Å². The van der Waals surface area contributed by atoms with Crippen molar-refractivity contribution in [2.45, 2.75) is 39.8 Å². The Balaban J connectivity index is 1.91. The summed E-state index contributed by atoms with van der Waals surface area (Å²) in [5, 5.41) is 3.47. The van der Waals surface area contributed by atoms with E-state index < -0.39 is 0 Å². The highest BCUT2D eigenvalue weighted by atomic mass is 16.5. The Morgan fingerprint density at radius 2 is 1.76 bits per heavy atom. The second-order valence-electron chi connectivity index (χ2n) is 5.41. The third-order valence-corrected chi connectivity index (χ3v) is 3.51. The lowest BCUT2D eigenvalue weighted by atomic mass is 10.1. The fraction of sp³-hybridized carbons (Fsp3) is 0.368. The molecule has 0 aliphatic heterocycles. The first-order valence-electron chi connectivity index (χ1n) is 7.76. The Kier molecular flexibility index (Phi) is 6.29. The van der Waals surface area contributed by atoms with E-state index in [9.17, 15) is 0 Å². The van der Waals surface area contributed by atoms with Crippen LogP contribution in [0.4, 0.5) is 0 Å². The fourth-order valence-corrected chi connectivity index (χ4v) is 2.16. The second-order valence-corrected chi connectivity index (χ2v) is 5.41. The average molecular weight is 283 g/mol. The SMILES string of the molecule is CCCCNCc1ccccc1OCc1ccc(C)cc1. The van der Waals surface area contributed by atoms with Crippen molar-refractivity contribution in [2.75, 3.05) is 6.54 Å². The van der Waals surface area contributed by atoms with E-state index in [1.165, 1.54) is 29.5 Å². The van der Waals surface area contributed by atoms with Crippen molar-refractivity contribution < 1.29 is 4.74 Å². The number of nitrogens with one attached hydrogen (secondary N) is 1. The maximum atomic E-state index is 5.98. The summed E-state index contributed by atoms with van der Waals surface area (Å²) in [7, 11) is 0. The number of aryl methyl sites for hydroxylation is 1. The molecule has 0 fully saturated rings. The summed E-state index contributed by atoms with van der Waals surface area (Å²) in [6.07, 6.45) is 2.44. The monoisotopic (exact) mass is 283 g/mol. The first-order valence-corrected chi connectivity index (χ1v) is 7.76. The molecule has 2 heteroatoms. The van der Waals surface area contributed by atoms with Crippen molar-refractivity contribution in [3.63, 3.8) is 0 Å².